The first kappa shape index (κ1) is 14.3. The second kappa shape index (κ2) is 7.49. The molecule has 3 nitrogen and oxygen atoms in total. The van der Waals surface area contributed by atoms with E-state index in [9.17, 15) is 0 Å². The minimum absolute atomic E-state index is 0.518. The molecule has 0 unspecified atom stereocenters. The number of aryl methyl sites for hydroxylation is 2. The first-order valence-electron chi connectivity index (χ1n) is 7.69. The molecule has 0 bridgehead atoms. The fraction of sp³-hybridized carbons (Fsp3) is 0.688. The number of ether oxygens (including phenoxy) is 1. The van der Waals surface area contributed by atoms with Crippen LogP contribution in [0, 0.1) is 0 Å². The molecule has 1 aromatic rings. The van der Waals surface area contributed by atoms with Crippen LogP contribution in [-0.4, -0.2) is 11.6 Å². The molecule has 0 atom stereocenters. The lowest BCUT2D eigenvalue weighted by Crippen LogP contribution is -2.12. The van der Waals surface area contributed by atoms with Crippen molar-refractivity contribution in [1.82, 2.24) is 4.98 Å². The molecule has 0 saturated carbocycles. The van der Waals surface area contributed by atoms with Crippen LogP contribution in [0.25, 0.3) is 0 Å². The molecule has 0 radical (unpaired) electrons. The van der Waals surface area contributed by atoms with Gasteiger partial charge < -0.3 is 10.5 Å². The summed E-state index contributed by atoms with van der Waals surface area (Å²) in [5.41, 5.74) is 9.49. The zero-order chi connectivity index (χ0) is 13.5. The number of rotatable bonds is 7. The quantitative estimate of drug-likeness (QED) is 0.766. The minimum atomic E-state index is 0.518. The van der Waals surface area contributed by atoms with Crippen molar-refractivity contribution >= 4 is 0 Å². The Labute approximate surface area is 116 Å². The Morgan fingerprint density at radius 3 is 2.84 bits per heavy atom. The lowest BCUT2D eigenvalue weighted by atomic mass is 9.95. The lowest BCUT2D eigenvalue weighted by Gasteiger charge is -2.18. The lowest BCUT2D eigenvalue weighted by molar-refractivity contribution is 0.289. The molecule has 1 aliphatic carbocycles. The average Bonchev–Trinajstić information content (AvgIpc) is 2.46. The standard InChI is InChI=1S/C16H26N2O/c1-2-3-4-7-10-19-16-14(12-17)11-13-8-5-6-9-15(13)18-16/h11H,2-10,12,17H2,1H3. The van der Waals surface area contributed by atoms with Crippen molar-refractivity contribution in [3.05, 3.63) is 22.9 Å². The van der Waals surface area contributed by atoms with E-state index in [4.69, 9.17) is 15.5 Å². The van der Waals surface area contributed by atoms with Gasteiger partial charge in [-0.1, -0.05) is 26.2 Å². The summed E-state index contributed by atoms with van der Waals surface area (Å²) in [5.74, 6) is 0.777. The van der Waals surface area contributed by atoms with Crippen LogP contribution in [0.5, 0.6) is 5.88 Å². The van der Waals surface area contributed by atoms with Crippen molar-refractivity contribution in [3.8, 4) is 5.88 Å². The Morgan fingerprint density at radius 2 is 2.05 bits per heavy atom. The van der Waals surface area contributed by atoms with Crippen LogP contribution < -0.4 is 10.5 Å². The molecule has 0 aromatic carbocycles. The first-order chi connectivity index (χ1) is 9.35. The number of nitrogens with zero attached hydrogens (tertiary/aromatic N) is 1. The van der Waals surface area contributed by atoms with Crippen molar-refractivity contribution in [2.75, 3.05) is 6.61 Å². The number of nitrogens with two attached hydrogens (primary N) is 1. The molecule has 1 aliphatic rings. The molecular weight excluding hydrogens is 236 g/mol. The van der Waals surface area contributed by atoms with Crippen molar-refractivity contribution < 1.29 is 4.74 Å². The average molecular weight is 262 g/mol. The van der Waals surface area contributed by atoms with Gasteiger partial charge in [0, 0.05) is 17.8 Å². The molecule has 106 valence electrons. The number of aromatic nitrogens is 1. The van der Waals surface area contributed by atoms with Crippen LogP contribution in [0.15, 0.2) is 6.07 Å². The molecule has 3 heteroatoms. The predicted octanol–water partition coefficient (Wildman–Crippen LogP) is 3.38. The number of hydrogen-bond donors (Lipinski definition) is 1. The third-order valence-corrected chi connectivity index (χ3v) is 3.80. The van der Waals surface area contributed by atoms with Gasteiger partial charge in [-0.15, -0.1) is 0 Å². The maximum absolute atomic E-state index is 5.85. The highest BCUT2D eigenvalue weighted by Crippen LogP contribution is 2.25. The van der Waals surface area contributed by atoms with Crippen LogP contribution in [0.3, 0.4) is 0 Å². The molecule has 2 rings (SSSR count). The molecule has 1 aromatic heterocycles. The Kier molecular flexibility index (Phi) is 5.64. The van der Waals surface area contributed by atoms with Gasteiger partial charge in [0.15, 0.2) is 0 Å². The summed E-state index contributed by atoms with van der Waals surface area (Å²) < 4.78 is 5.85. The highest BCUT2D eigenvalue weighted by Gasteiger charge is 2.15. The van der Waals surface area contributed by atoms with Crippen molar-refractivity contribution in [1.29, 1.82) is 0 Å². The molecule has 2 N–H and O–H groups in total. The van der Waals surface area contributed by atoms with Gasteiger partial charge in [0.1, 0.15) is 0 Å². The summed E-state index contributed by atoms with van der Waals surface area (Å²) >= 11 is 0. The van der Waals surface area contributed by atoms with Gasteiger partial charge in [-0.25, -0.2) is 4.98 Å². The van der Waals surface area contributed by atoms with E-state index in [-0.39, 0.29) is 0 Å². The van der Waals surface area contributed by atoms with Gasteiger partial charge in [-0.3, -0.25) is 0 Å². The maximum atomic E-state index is 5.85. The Morgan fingerprint density at radius 1 is 1.21 bits per heavy atom. The van der Waals surface area contributed by atoms with Crippen LogP contribution in [0.4, 0.5) is 0 Å². The van der Waals surface area contributed by atoms with Gasteiger partial charge in [-0.05, 0) is 43.7 Å². The molecule has 0 fully saturated rings. The summed E-state index contributed by atoms with van der Waals surface area (Å²) in [4.78, 5) is 4.70. The first-order valence-corrected chi connectivity index (χ1v) is 7.69. The summed E-state index contributed by atoms with van der Waals surface area (Å²) in [6, 6.07) is 2.21. The fourth-order valence-electron chi connectivity index (χ4n) is 2.63. The Hall–Kier alpha value is -1.09. The normalized spacial score (nSPS) is 14.2. The smallest absolute Gasteiger partial charge is 0.218 e. The molecule has 0 amide bonds. The third-order valence-electron chi connectivity index (χ3n) is 3.80. The van der Waals surface area contributed by atoms with Crippen molar-refractivity contribution in [3.63, 3.8) is 0 Å². The van der Waals surface area contributed by atoms with E-state index in [0.29, 0.717) is 6.54 Å². The monoisotopic (exact) mass is 262 g/mol. The predicted molar refractivity (Wildman–Crippen MR) is 78.4 cm³/mol. The largest absolute Gasteiger partial charge is 0.477 e. The zero-order valence-corrected chi connectivity index (χ0v) is 12.1. The van der Waals surface area contributed by atoms with E-state index in [2.05, 4.69) is 13.0 Å². The number of pyridine rings is 1. The van der Waals surface area contributed by atoms with E-state index < -0.39 is 0 Å². The SMILES string of the molecule is CCCCCCOc1nc2c(cc1CN)CCCC2. The molecule has 19 heavy (non-hydrogen) atoms. The van der Waals surface area contributed by atoms with Gasteiger partial charge in [0.05, 0.1) is 6.61 Å². The van der Waals surface area contributed by atoms with E-state index in [0.717, 1.165) is 37.3 Å². The van der Waals surface area contributed by atoms with E-state index in [1.54, 1.807) is 0 Å². The number of unbranched alkanes of at least 4 members (excludes halogenated alkanes) is 3. The molecule has 1 heterocycles. The second-order valence-corrected chi connectivity index (χ2v) is 5.38. The minimum Gasteiger partial charge on any atom is -0.477 e. The highest BCUT2D eigenvalue weighted by molar-refractivity contribution is 5.35. The summed E-state index contributed by atoms with van der Waals surface area (Å²) in [6.45, 7) is 3.50. The van der Waals surface area contributed by atoms with Crippen molar-refractivity contribution in [2.24, 2.45) is 5.73 Å². The van der Waals surface area contributed by atoms with Gasteiger partial charge in [0.25, 0.3) is 0 Å². The maximum Gasteiger partial charge on any atom is 0.218 e. The van der Waals surface area contributed by atoms with Crippen LogP contribution in [0.2, 0.25) is 0 Å². The molecular formula is C16H26N2O. The number of hydrogen-bond acceptors (Lipinski definition) is 3. The fourth-order valence-corrected chi connectivity index (χ4v) is 2.63. The zero-order valence-electron chi connectivity index (χ0n) is 12.1. The van der Waals surface area contributed by atoms with Gasteiger partial charge in [-0.2, -0.15) is 0 Å². The van der Waals surface area contributed by atoms with E-state index >= 15 is 0 Å². The van der Waals surface area contributed by atoms with Gasteiger partial charge in [0.2, 0.25) is 5.88 Å². The van der Waals surface area contributed by atoms with Gasteiger partial charge >= 0.3 is 0 Å². The summed E-state index contributed by atoms with van der Waals surface area (Å²) in [6.07, 6.45) is 9.64. The van der Waals surface area contributed by atoms with Crippen LogP contribution in [-0.2, 0) is 19.4 Å². The van der Waals surface area contributed by atoms with E-state index in [1.165, 1.54) is 43.4 Å². The third kappa shape index (κ3) is 3.93. The summed E-state index contributed by atoms with van der Waals surface area (Å²) in [7, 11) is 0. The van der Waals surface area contributed by atoms with Crippen LogP contribution >= 0.6 is 0 Å². The topological polar surface area (TPSA) is 48.1 Å². The summed E-state index contributed by atoms with van der Waals surface area (Å²) in [5, 5.41) is 0. The highest BCUT2D eigenvalue weighted by atomic mass is 16.5. The molecule has 0 spiro atoms. The second-order valence-electron chi connectivity index (χ2n) is 5.38. The van der Waals surface area contributed by atoms with Crippen LogP contribution in [0.1, 0.15) is 62.3 Å². The van der Waals surface area contributed by atoms with Crippen molar-refractivity contribution in [2.45, 2.75) is 64.8 Å². The Balaban J connectivity index is 1.98. The number of fused-ring (bicyclic) bond motifs is 1. The van der Waals surface area contributed by atoms with E-state index in [1.807, 2.05) is 0 Å². The Bertz CT molecular complexity index is 404. The molecule has 0 saturated heterocycles. The molecule has 0 aliphatic heterocycles.